The van der Waals surface area contributed by atoms with Gasteiger partial charge >= 0.3 is 0 Å². The van der Waals surface area contributed by atoms with Gasteiger partial charge in [-0.25, -0.2) is 5.43 Å². The van der Waals surface area contributed by atoms with Gasteiger partial charge in [0, 0.05) is 11.1 Å². The van der Waals surface area contributed by atoms with Crippen LogP contribution in [0.2, 0.25) is 5.02 Å². The topological polar surface area (TPSA) is 87.7 Å². The number of phenolic OH excluding ortho intramolecular Hbond substituents is 1. The van der Waals surface area contributed by atoms with Crippen LogP contribution in [-0.4, -0.2) is 17.2 Å². The first-order valence-corrected chi connectivity index (χ1v) is 7.53. The highest BCUT2D eigenvalue weighted by Gasteiger charge is 2.07. The largest absolute Gasteiger partial charge is 0.507 e. The number of nitrogen functional groups attached to an aromatic ring is 1. The van der Waals surface area contributed by atoms with Gasteiger partial charge in [-0.05, 0) is 35.0 Å². The molecule has 0 heterocycles. The molecule has 4 N–H and O–H groups in total. The summed E-state index contributed by atoms with van der Waals surface area (Å²) in [6, 6.07) is 15.6. The monoisotopic (exact) mass is 339 g/mol. The van der Waals surface area contributed by atoms with Gasteiger partial charge in [-0.15, -0.1) is 0 Å². The number of anilines is 1. The number of hydrazone groups is 1. The van der Waals surface area contributed by atoms with E-state index in [0.29, 0.717) is 21.8 Å². The third-order valence-electron chi connectivity index (χ3n) is 3.57. The van der Waals surface area contributed by atoms with Gasteiger partial charge in [0.05, 0.1) is 16.9 Å². The zero-order valence-electron chi connectivity index (χ0n) is 12.5. The first kappa shape index (κ1) is 15.8. The van der Waals surface area contributed by atoms with Gasteiger partial charge in [-0.1, -0.05) is 41.9 Å². The van der Waals surface area contributed by atoms with Gasteiger partial charge < -0.3 is 10.8 Å². The Balaban J connectivity index is 1.83. The van der Waals surface area contributed by atoms with Gasteiger partial charge in [-0.2, -0.15) is 5.10 Å². The fourth-order valence-electron chi connectivity index (χ4n) is 2.31. The van der Waals surface area contributed by atoms with Crippen molar-refractivity contribution < 1.29 is 9.90 Å². The van der Waals surface area contributed by atoms with Crippen molar-refractivity contribution in [2.24, 2.45) is 5.10 Å². The zero-order valence-corrected chi connectivity index (χ0v) is 13.3. The molecule has 3 rings (SSSR count). The highest BCUT2D eigenvalue weighted by atomic mass is 35.5. The molecule has 0 aliphatic carbocycles. The lowest BCUT2D eigenvalue weighted by molar-refractivity contribution is 0.0955. The Labute approximate surface area is 143 Å². The smallest absolute Gasteiger partial charge is 0.271 e. The molecule has 0 atom stereocenters. The lowest BCUT2D eigenvalue weighted by Gasteiger charge is -2.05. The summed E-state index contributed by atoms with van der Waals surface area (Å²) < 4.78 is 0. The standard InChI is InChI=1S/C18H14ClN3O2/c19-15-9-12(5-7-16(15)20)18(24)22-21-10-14-13-4-2-1-3-11(13)6-8-17(14)23/h1-10,23H,20H2,(H,22,24)/b21-10+. The molecule has 0 radical (unpaired) electrons. The van der Waals surface area contributed by atoms with Crippen molar-refractivity contribution in [3.63, 3.8) is 0 Å². The summed E-state index contributed by atoms with van der Waals surface area (Å²) in [4.78, 5) is 12.1. The van der Waals surface area contributed by atoms with Crippen LogP contribution >= 0.6 is 11.6 Å². The van der Waals surface area contributed by atoms with E-state index in [1.807, 2.05) is 30.3 Å². The molecule has 0 aliphatic rings. The fraction of sp³-hybridized carbons (Fsp3) is 0. The van der Waals surface area contributed by atoms with E-state index in [0.717, 1.165) is 10.8 Å². The van der Waals surface area contributed by atoms with Crippen LogP contribution in [0.3, 0.4) is 0 Å². The van der Waals surface area contributed by atoms with E-state index < -0.39 is 5.91 Å². The van der Waals surface area contributed by atoms with E-state index in [4.69, 9.17) is 17.3 Å². The van der Waals surface area contributed by atoms with E-state index in [-0.39, 0.29) is 5.75 Å². The van der Waals surface area contributed by atoms with Crippen molar-refractivity contribution in [3.8, 4) is 5.75 Å². The Kier molecular flexibility index (Phi) is 4.35. The van der Waals surface area contributed by atoms with E-state index in [1.54, 1.807) is 18.2 Å². The number of benzene rings is 3. The van der Waals surface area contributed by atoms with Crippen LogP contribution in [0.5, 0.6) is 5.75 Å². The predicted molar refractivity (Wildman–Crippen MR) is 96.5 cm³/mol. The average molecular weight is 340 g/mol. The Morgan fingerprint density at radius 1 is 1.17 bits per heavy atom. The normalized spacial score (nSPS) is 11.0. The van der Waals surface area contributed by atoms with Crippen molar-refractivity contribution in [3.05, 3.63) is 70.7 Å². The van der Waals surface area contributed by atoms with E-state index in [2.05, 4.69) is 10.5 Å². The van der Waals surface area contributed by atoms with Crippen LogP contribution < -0.4 is 11.2 Å². The molecule has 3 aromatic rings. The van der Waals surface area contributed by atoms with Gasteiger partial charge in [0.1, 0.15) is 5.75 Å². The van der Waals surface area contributed by atoms with Gasteiger partial charge in [-0.3, -0.25) is 4.79 Å². The Bertz CT molecular complexity index is 954. The number of aromatic hydroxyl groups is 1. The number of halogens is 1. The van der Waals surface area contributed by atoms with Gasteiger partial charge in [0.15, 0.2) is 0 Å². The van der Waals surface area contributed by atoms with Crippen molar-refractivity contribution in [1.29, 1.82) is 0 Å². The first-order valence-electron chi connectivity index (χ1n) is 7.15. The number of rotatable bonds is 3. The molecule has 0 unspecified atom stereocenters. The van der Waals surface area contributed by atoms with Gasteiger partial charge in [0.25, 0.3) is 5.91 Å². The van der Waals surface area contributed by atoms with Crippen LogP contribution in [-0.2, 0) is 0 Å². The molecule has 6 heteroatoms. The summed E-state index contributed by atoms with van der Waals surface area (Å²) in [6.45, 7) is 0. The fourth-order valence-corrected chi connectivity index (χ4v) is 2.49. The van der Waals surface area contributed by atoms with Gasteiger partial charge in [0.2, 0.25) is 0 Å². The number of nitrogens with two attached hydrogens (primary N) is 1. The average Bonchev–Trinajstić information content (AvgIpc) is 2.59. The summed E-state index contributed by atoms with van der Waals surface area (Å²) in [7, 11) is 0. The predicted octanol–water partition coefficient (Wildman–Crippen LogP) is 3.54. The number of hydrogen-bond donors (Lipinski definition) is 3. The summed E-state index contributed by atoms with van der Waals surface area (Å²) in [5.41, 5.74) is 9.29. The summed E-state index contributed by atoms with van der Waals surface area (Å²) in [5, 5.41) is 16.1. The number of carbonyl (C=O) groups is 1. The molecule has 0 aliphatic heterocycles. The van der Waals surface area contributed by atoms with Crippen LogP contribution in [0.25, 0.3) is 10.8 Å². The minimum Gasteiger partial charge on any atom is -0.507 e. The first-order chi connectivity index (χ1) is 11.6. The molecule has 0 fully saturated rings. The minimum absolute atomic E-state index is 0.0854. The lowest BCUT2D eigenvalue weighted by atomic mass is 10.0. The highest BCUT2D eigenvalue weighted by molar-refractivity contribution is 6.33. The zero-order chi connectivity index (χ0) is 17.1. The maximum atomic E-state index is 12.1. The number of carbonyl (C=O) groups excluding carboxylic acids is 1. The summed E-state index contributed by atoms with van der Waals surface area (Å²) in [6.07, 6.45) is 1.41. The molecule has 0 bridgehead atoms. The van der Waals surface area contributed by atoms with Crippen LogP contribution in [0, 0.1) is 0 Å². The van der Waals surface area contributed by atoms with Crippen LogP contribution in [0.15, 0.2) is 59.7 Å². The molecule has 0 saturated heterocycles. The van der Waals surface area contributed by atoms with Crippen molar-refractivity contribution >= 4 is 40.2 Å². The molecule has 5 nitrogen and oxygen atoms in total. The molecule has 24 heavy (non-hydrogen) atoms. The van der Waals surface area contributed by atoms with Crippen LogP contribution in [0.4, 0.5) is 5.69 Å². The minimum atomic E-state index is -0.423. The Morgan fingerprint density at radius 2 is 1.96 bits per heavy atom. The highest BCUT2D eigenvalue weighted by Crippen LogP contribution is 2.25. The van der Waals surface area contributed by atoms with Crippen LogP contribution in [0.1, 0.15) is 15.9 Å². The number of phenols is 1. The van der Waals surface area contributed by atoms with Crippen molar-refractivity contribution in [2.75, 3.05) is 5.73 Å². The van der Waals surface area contributed by atoms with E-state index in [1.165, 1.54) is 12.3 Å². The van der Waals surface area contributed by atoms with E-state index in [9.17, 15) is 9.90 Å². The Hall–Kier alpha value is -3.05. The second kappa shape index (κ2) is 6.60. The molecule has 3 aromatic carbocycles. The molecule has 0 aromatic heterocycles. The number of nitrogens with zero attached hydrogens (tertiary/aromatic N) is 1. The SMILES string of the molecule is Nc1ccc(C(=O)N/N=C/c2c(O)ccc3ccccc23)cc1Cl. The molecule has 120 valence electrons. The number of hydrogen-bond acceptors (Lipinski definition) is 4. The maximum Gasteiger partial charge on any atom is 0.271 e. The molecular formula is C18H14ClN3O2. The quantitative estimate of drug-likeness (QED) is 0.387. The third-order valence-corrected chi connectivity index (χ3v) is 3.90. The number of fused-ring (bicyclic) bond motifs is 1. The van der Waals surface area contributed by atoms with Crippen molar-refractivity contribution in [2.45, 2.75) is 0 Å². The Morgan fingerprint density at radius 3 is 2.75 bits per heavy atom. The molecular weight excluding hydrogens is 326 g/mol. The second-order valence-electron chi connectivity index (χ2n) is 5.15. The molecule has 0 spiro atoms. The number of amides is 1. The third kappa shape index (κ3) is 3.16. The second-order valence-corrected chi connectivity index (χ2v) is 5.56. The number of nitrogens with one attached hydrogen (secondary N) is 1. The summed E-state index contributed by atoms with van der Waals surface area (Å²) in [5.74, 6) is -0.338. The maximum absolute atomic E-state index is 12.1. The summed E-state index contributed by atoms with van der Waals surface area (Å²) >= 11 is 5.90. The molecule has 1 amide bonds. The molecule has 0 saturated carbocycles. The van der Waals surface area contributed by atoms with Crippen molar-refractivity contribution in [1.82, 2.24) is 5.43 Å². The van der Waals surface area contributed by atoms with E-state index >= 15 is 0 Å². The lowest BCUT2D eigenvalue weighted by Crippen LogP contribution is -2.17.